The Bertz CT molecular complexity index is 759. The van der Waals surface area contributed by atoms with Crippen molar-refractivity contribution in [1.82, 2.24) is 10.2 Å². The Hall–Kier alpha value is -2.82. The van der Waals surface area contributed by atoms with Crippen molar-refractivity contribution >= 4 is 11.8 Å². The predicted molar refractivity (Wildman–Crippen MR) is 105 cm³/mol. The highest BCUT2D eigenvalue weighted by Gasteiger charge is 2.28. The minimum Gasteiger partial charge on any atom is -0.497 e. The Morgan fingerprint density at radius 1 is 1.07 bits per heavy atom. The maximum absolute atomic E-state index is 12.6. The maximum atomic E-state index is 12.6. The van der Waals surface area contributed by atoms with Gasteiger partial charge in [0.05, 0.1) is 7.11 Å². The number of Topliss-reactive ketones (excluding diaryl/α,β-unsaturated/α-hetero) is 1. The smallest absolute Gasteiger partial charge is 0.317 e. The summed E-state index contributed by atoms with van der Waals surface area (Å²) in [5.74, 6) is 0.931. The van der Waals surface area contributed by atoms with E-state index < -0.39 is 0 Å². The van der Waals surface area contributed by atoms with Crippen LogP contribution in [0.4, 0.5) is 4.79 Å². The molecule has 27 heavy (non-hydrogen) atoms. The number of benzene rings is 2. The van der Waals surface area contributed by atoms with Gasteiger partial charge < -0.3 is 15.0 Å². The highest BCUT2D eigenvalue weighted by atomic mass is 16.5. The molecule has 3 rings (SSSR count). The first-order valence-electron chi connectivity index (χ1n) is 9.38. The molecule has 5 nitrogen and oxygen atoms in total. The summed E-state index contributed by atoms with van der Waals surface area (Å²) in [6, 6.07) is 17.3. The van der Waals surface area contributed by atoms with Crippen molar-refractivity contribution in [2.75, 3.05) is 20.2 Å². The number of nitrogens with one attached hydrogen (secondary N) is 1. The molecule has 1 fully saturated rings. The third-order valence-electron chi connectivity index (χ3n) is 4.99. The Morgan fingerprint density at radius 2 is 1.81 bits per heavy atom. The van der Waals surface area contributed by atoms with Gasteiger partial charge >= 0.3 is 6.03 Å². The van der Waals surface area contributed by atoms with Crippen molar-refractivity contribution in [1.29, 1.82) is 0 Å². The minimum absolute atomic E-state index is 0.0781. The van der Waals surface area contributed by atoms with Crippen LogP contribution in [-0.2, 0) is 17.8 Å². The molecule has 1 saturated heterocycles. The first-order valence-corrected chi connectivity index (χ1v) is 9.38. The van der Waals surface area contributed by atoms with Crippen LogP contribution in [-0.4, -0.2) is 36.9 Å². The van der Waals surface area contributed by atoms with Crippen molar-refractivity contribution < 1.29 is 14.3 Å². The fourth-order valence-electron chi connectivity index (χ4n) is 3.40. The van der Waals surface area contributed by atoms with E-state index in [9.17, 15) is 9.59 Å². The zero-order valence-electron chi connectivity index (χ0n) is 15.7. The summed E-state index contributed by atoms with van der Waals surface area (Å²) >= 11 is 0. The van der Waals surface area contributed by atoms with Gasteiger partial charge in [-0.25, -0.2) is 4.79 Å². The largest absolute Gasteiger partial charge is 0.497 e. The molecule has 1 atom stereocenters. The van der Waals surface area contributed by atoms with E-state index in [1.165, 1.54) is 0 Å². The lowest BCUT2D eigenvalue weighted by Crippen LogP contribution is -2.47. The molecular formula is C22H26N2O3. The molecule has 0 aliphatic carbocycles. The molecule has 5 heteroatoms. The second-order valence-corrected chi connectivity index (χ2v) is 6.92. The van der Waals surface area contributed by atoms with Gasteiger partial charge in [-0.1, -0.05) is 42.5 Å². The van der Waals surface area contributed by atoms with Crippen LogP contribution in [0.5, 0.6) is 5.75 Å². The van der Waals surface area contributed by atoms with Gasteiger partial charge in [0, 0.05) is 32.0 Å². The quantitative estimate of drug-likeness (QED) is 0.852. The molecule has 0 spiro atoms. The van der Waals surface area contributed by atoms with Crippen molar-refractivity contribution in [3.05, 3.63) is 65.7 Å². The summed E-state index contributed by atoms with van der Waals surface area (Å²) in [7, 11) is 1.63. The van der Waals surface area contributed by atoms with Gasteiger partial charge in [0.1, 0.15) is 11.5 Å². The normalized spacial score (nSPS) is 16.6. The molecule has 0 saturated carbocycles. The van der Waals surface area contributed by atoms with Crippen LogP contribution in [0.1, 0.15) is 24.0 Å². The lowest BCUT2D eigenvalue weighted by Gasteiger charge is -2.32. The van der Waals surface area contributed by atoms with Crippen LogP contribution in [0.15, 0.2) is 54.6 Å². The van der Waals surface area contributed by atoms with Crippen LogP contribution < -0.4 is 10.1 Å². The number of urea groups is 1. The number of ketones is 1. The van der Waals surface area contributed by atoms with Gasteiger partial charge in [-0.05, 0) is 36.1 Å². The number of nitrogens with zero attached hydrogens (tertiary/aromatic N) is 1. The molecule has 1 N–H and O–H groups in total. The molecule has 2 amide bonds. The summed E-state index contributed by atoms with van der Waals surface area (Å²) in [5, 5.41) is 2.95. The standard InChI is InChI=1S/C22H26N2O3/c1-27-20-11-9-18(10-12-20)15-23-22(26)24-13-5-8-19(16-24)21(25)14-17-6-3-2-4-7-17/h2-4,6-7,9-12,19H,5,8,13-16H2,1H3,(H,23,26)/t19-/m1/s1. The van der Waals surface area contributed by atoms with Crippen molar-refractivity contribution in [2.45, 2.75) is 25.8 Å². The predicted octanol–water partition coefficient (Wildman–Crippen LogP) is 3.43. The zero-order chi connectivity index (χ0) is 19.1. The number of likely N-dealkylation sites (tertiary alicyclic amines) is 1. The van der Waals surface area contributed by atoms with Gasteiger partial charge in [-0.2, -0.15) is 0 Å². The van der Waals surface area contributed by atoms with E-state index in [1.807, 2.05) is 54.6 Å². The molecular weight excluding hydrogens is 340 g/mol. The van der Waals surface area contributed by atoms with Crippen molar-refractivity contribution in [3.63, 3.8) is 0 Å². The highest BCUT2D eigenvalue weighted by Crippen LogP contribution is 2.19. The number of methoxy groups -OCH3 is 1. The van der Waals surface area contributed by atoms with E-state index in [4.69, 9.17) is 4.74 Å². The number of ether oxygens (including phenoxy) is 1. The van der Waals surface area contributed by atoms with E-state index >= 15 is 0 Å². The lowest BCUT2D eigenvalue weighted by atomic mass is 9.90. The number of amides is 2. The minimum atomic E-state index is -0.108. The number of hydrogen-bond acceptors (Lipinski definition) is 3. The van der Waals surface area contributed by atoms with Crippen LogP contribution in [0, 0.1) is 5.92 Å². The molecule has 2 aromatic carbocycles. The van der Waals surface area contributed by atoms with Gasteiger partial charge in [-0.3, -0.25) is 4.79 Å². The van der Waals surface area contributed by atoms with E-state index in [-0.39, 0.29) is 17.7 Å². The van der Waals surface area contributed by atoms with Gasteiger partial charge in [-0.15, -0.1) is 0 Å². The van der Waals surface area contributed by atoms with Crippen molar-refractivity contribution in [2.24, 2.45) is 5.92 Å². The zero-order valence-corrected chi connectivity index (χ0v) is 15.7. The molecule has 1 heterocycles. The first-order chi connectivity index (χ1) is 13.2. The van der Waals surface area contributed by atoms with Crippen LogP contribution >= 0.6 is 0 Å². The number of carbonyl (C=O) groups excluding carboxylic acids is 2. The number of rotatable bonds is 6. The van der Waals surface area contributed by atoms with E-state index in [0.29, 0.717) is 26.1 Å². The van der Waals surface area contributed by atoms with Crippen LogP contribution in [0.2, 0.25) is 0 Å². The fourth-order valence-corrected chi connectivity index (χ4v) is 3.40. The molecule has 1 aliphatic rings. The Morgan fingerprint density at radius 3 is 2.52 bits per heavy atom. The molecule has 142 valence electrons. The van der Waals surface area contributed by atoms with Gasteiger partial charge in [0.25, 0.3) is 0 Å². The van der Waals surface area contributed by atoms with E-state index in [2.05, 4.69) is 5.32 Å². The molecule has 0 bridgehead atoms. The number of hydrogen-bond donors (Lipinski definition) is 1. The van der Waals surface area contributed by atoms with Gasteiger partial charge in [0.15, 0.2) is 0 Å². The molecule has 0 unspecified atom stereocenters. The summed E-state index contributed by atoms with van der Waals surface area (Å²) in [5.41, 5.74) is 2.04. The average Bonchev–Trinajstić information content (AvgIpc) is 2.73. The summed E-state index contributed by atoms with van der Waals surface area (Å²) in [6.45, 7) is 1.66. The number of carbonyl (C=O) groups is 2. The molecule has 2 aromatic rings. The second-order valence-electron chi connectivity index (χ2n) is 6.92. The topological polar surface area (TPSA) is 58.6 Å². The Labute approximate surface area is 160 Å². The van der Waals surface area contributed by atoms with Crippen molar-refractivity contribution in [3.8, 4) is 5.75 Å². The Balaban J connectivity index is 1.50. The van der Waals surface area contributed by atoms with Crippen LogP contribution in [0.25, 0.3) is 0 Å². The monoisotopic (exact) mass is 366 g/mol. The number of piperidine rings is 1. The summed E-state index contributed by atoms with van der Waals surface area (Å²) in [4.78, 5) is 26.9. The lowest BCUT2D eigenvalue weighted by molar-refractivity contribution is -0.123. The summed E-state index contributed by atoms with van der Waals surface area (Å²) < 4.78 is 5.14. The van der Waals surface area contributed by atoms with E-state index in [0.717, 1.165) is 29.7 Å². The molecule has 1 aliphatic heterocycles. The average molecular weight is 366 g/mol. The second kappa shape index (κ2) is 9.21. The molecule has 0 aromatic heterocycles. The Kier molecular flexibility index (Phi) is 6.47. The maximum Gasteiger partial charge on any atom is 0.317 e. The fraction of sp³-hybridized carbons (Fsp3) is 0.364. The highest BCUT2D eigenvalue weighted by molar-refractivity contribution is 5.84. The molecule has 0 radical (unpaired) electrons. The van der Waals surface area contributed by atoms with Crippen LogP contribution in [0.3, 0.4) is 0 Å². The SMILES string of the molecule is COc1ccc(CNC(=O)N2CCC[C@@H](C(=O)Cc3ccccc3)C2)cc1. The third kappa shape index (κ3) is 5.33. The van der Waals surface area contributed by atoms with E-state index in [1.54, 1.807) is 12.0 Å². The summed E-state index contributed by atoms with van der Waals surface area (Å²) in [6.07, 6.45) is 2.15. The first kappa shape index (κ1) is 19.0. The third-order valence-corrected chi connectivity index (χ3v) is 4.99. The van der Waals surface area contributed by atoms with Gasteiger partial charge in [0.2, 0.25) is 0 Å².